The van der Waals surface area contributed by atoms with E-state index < -0.39 is 0 Å². The highest BCUT2D eigenvalue weighted by atomic mass is 14.9. The zero-order valence-electron chi connectivity index (χ0n) is 6.65. The fraction of sp³-hybridized carbons (Fsp3) is 0. The molecule has 0 unspecified atom stereocenters. The lowest BCUT2D eigenvalue weighted by Gasteiger charge is -1.81. The van der Waals surface area contributed by atoms with Crippen molar-refractivity contribution in [1.29, 1.82) is 0 Å². The van der Waals surface area contributed by atoms with Gasteiger partial charge in [-0.15, -0.1) is 0 Å². The Bertz CT molecular complexity index is 520. The molecule has 0 aliphatic rings. The third kappa shape index (κ3) is 0.807. The number of nitrogens with zero attached hydrogens (tertiary/aromatic N) is 3. The fourth-order valence-electron chi connectivity index (χ4n) is 1.40. The molecule has 5 nitrogen and oxygen atoms in total. The smallest absolute Gasteiger partial charge is 0.284 e. The third-order valence-corrected chi connectivity index (χ3v) is 1.96. The van der Waals surface area contributed by atoms with Crippen LogP contribution in [0.4, 0.5) is 0 Å². The summed E-state index contributed by atoms with van der Waals surface area (Å²) in [6.07, 6.45) is 6.75. The van der Waals surface area contributed by atoms with Gasteiger partial charge in [0.25, 0.3) is 6.33 Å². The van der Waals surface area contributed by atoms with Crippen molar-refractivity contribution in [2.45, 2.75) is 0 Å². The second kappa shape index (κ2) is 2.22. The molecule has 0 spiro atoms. The van der Waals surface area contributed by atoms with Crippen LogP contribution in [-0.2, 0) is 0 Å². The highest BCUT2D eigenvalue weighted by Crippen LogP contribution is 2.17. The van der Waals surface area contributed by atoms with Gasteiger partial charge in [0.1, 0.15) is 23.6 Å². The molecule has 0 aliphatic carbocycles. The number of fused-ring (bicyclic) bond motifs is 3. The first-order valence-corrected chi connectivity index (χ1v) is 3.88. The van der Waals surface area contributed by atoms with Crippen molar-refractivity contribution in [3.05, 3.63) is 25.0 Å². The van der Waals surface area contributed by atoms with Crippen LogP contribution >= 0.6 is 0 Å². The van der Waals surface area contributed by atoms with Crippen molar-refractivity contribution < 1.29 is 4.98 Å². The highest BCUT2D eigenvalue weighted by molar-refractivity contribution is 6.00. The van der Waals surface area contributed by atoms with Gasteiger partial charge in [0.05, 0.1) is 11.7 Å². The van der Waals surface area contributed by atoms with Crippen molar-refractivity contribution >= 4 is 22.1 Å². The zero-order chi connectivity index (χ0) is 8.67. The van der Waals surface area contributed by atoms with Crippen LogP contribution in [0.3, 0.4) is 0 Å². The largest absolute Gasteiger partial charge is 0.346 e. The number of aromatic amines is 2. The maximum atomic E-state index is 4.19. The Balaban J connectivity index is 2.64. The van der Waals surface area contributed by atoms with E-state index >= 15 is 0 Å². The lowest BCUT2D eigenvalue weighted by molar-refractivity contribution is -0.380. The molecular weight excluding hydrogens is 166 g/mol. The molecule has 3 aromatic rings. The van der Waals surface area contributed by atoms with Crippen LogP contribution in [-0.4, -0.2) is 19.9 Å². The summed E-state index contributed by atoms with van der Waals surface area (Å²) in [6.45, 7) is 0. The number of hydrogen-bond donors (Lipinski definition) is 1. The summed E-state index contributed by atoms with van der Waals surface area (Å²) in [6, 6.07) is 0. The Labute approximate surface area is 72.9 Å². The first kappa shape index (κ1) is 6.47. The van der Waals surface area contributed by atoms with Gasteiger partial charge in [-0.2, -0.15) is 0 Å². The topological polar surface area (TPSA) is 68.6 Å². The summed E-state index contributed by atoms with van der Waals surface area (Å²) >= 11 is 0. The Morgan fingerprint density at radius 3 is 3.08 bits per heavy atom. The van der Waals surface area contributed by atoms with Crippen molar-refractivity contribution in [2.24, 2.45) is 0 Å². The molecule has 0 aromatic carbocycles. The van der Waals surface area contributed by atoms with Crippen LogP contribution in [0.1, 0.15) is 0 Å². The summed E-state index contributed by atoms with van der Waals surface area (Å²) in [5.41, 5.74) is 3.58. The molecule has 0 radical (unpaired) electrons. The molecule has 0 aliphatic heterocycles. The number of rotatable bonds is 0. The van der Waals surface area contributed by atoms with Gasteiger partial charge in [0, 0.05) is 0 Å². The standard InChI is InChI=1S/C8H5N5/c1-5-7(11-3-9-1)8-6(13-5)2-10-4-12-8/h1-4,13H/p+1. The lowest BCUT2D eigenvalue weighted by atomic mass is 10.4. The maximum absolute atomic E-state index is 4.19. The van der Waals surface area contributed by atoms with Crippen LogP contribution in [0.15, 0.2) is 25.0 Å². The molecule has 13 heavy (non-hydrogen) atoms. The molecule has 0 saturated heterocycles. The number of nitrogens with one attached hydrogen (secondary N) is 2. The van der Waals surface area contributed by atoms with Gasteiger partial charge < -0.3 is 4.98 Å². The van der Waals surface area contributed by atoms with Gasteiger partial charge in [-0.25, -0.2) is 15.0 Å². The van der Waals surface area contributed by atoms with E-state index in [4.69, 9.17) is 0 Å². The van der Waals surface area contributed by atoms with E-state index in [0.29, 0.717) is 0 Å². The fourth-order valence-corrected chi connectivity index (χ4v) is 1.40. The molecular formula is C8H6N5+. The van der Waals surface area contributed by atoms with Crippen LogP contribution in [0, 0.1) is 0 Å². The Morgan fingerprint density at radius 1 is 1.15 bits per heavy atom. The second-order valence-electron chi connectivity index (χ2n) is 2.74. The van der Waals surface area contributed by atoms with E-state index in [-0.39, 0.29) is 0 Å². The first-order valence-electron chi connectivity index (χ1n) is 3.88. The average Bonchev–Trinajstić information content (AvgIpc) is 2.56. The van der Waals surface area contributed by atoms with Gasteiger partial charge in [0.2, 0.25) is 5.52 Å². The third-order valence-electron chi connectivity index (χ3n) is 1.96. The van der Waals surface area contributed by atoms with Crippen LogP contribution in [0.5, 0.6) is 0 Å². The van der Waals surface area contributed by atoms with E-state index in [2.05, 4.69) is 24.9 Å². The van der Waals surface area contributed by atoms with Gasteiger partial charge in [-0.3, -0.25) is 0 Å². The molecule has 3 rings (SSSR count). The monoisotopic (exact) mass is 172 g/mol. The molecule has 0 fully saturated rings. The van der Waals surface area contributed by atoms with E-state index in [9.17, 15) is 0 Å². The molecule has 3 aromatic heterocycles. The summed E-state index contributed by atoms with van der Waals surface area (Å²) in [5, 5.41) is 0. The molecule has 0 saturated carbocycles. The maximum Gasteiger partial charge on any atom is 0.284 e. The van der Waals surface area contributed by atoms with Crippen molar-refractivity contribution in [1.82, 2.24) is 19.9 Å². The minimum absolute atomic E-state index is 0.860. The summed E-state index contributed by atoms with van der Waals surface area (Å²) in [5.74, 6) is 0. The van der Waals surface area contributed by atoms with E-state index in [1.54, 1.807) is 12.5 Å². The second-order valence-corrected chi connectivity index (χ2v) is 2.74. The minimum Gasteiger partial charge on any atom is -0.346 e. The molecule has 3 heterocycles. The minimum atomic E-state index is 0.860. The zero-order valence-corrected chi connectivity index (χ0v) is 6.65. The summed E-state index contributed by atoms with van der Waals surface area (Å²) in [7, 11) is 0. The molecule has 2 N–H and O–H groups in total. The van der Waals surface area contributed by atoms with Gasteiger partial charge in [-0.05, 0) is 4.98 Å². The van der Waals surface area contributed by atoms with Crippen LogP contribution in [0.25, 0.3) is 22.1 Å². The molecule has 0 amide bonds. The number of hydrogen-bond acceptors (Lipinski definition) is 3. The van der Waals surface area contributed by atoms with E-state index in [0.717, 1.165) is 22.1 Å². The molecule has 0 bridgehead atoms. The Hall–Kier alpha value is -2.04. The lowest BCUT2D eigenvalue weighted by Crippen LogP contribution is -1.99. The van der Waals surface area contributed by atoms with Crippen LogP contribution < -0.4 is 4.98 Å². The number of aromatic nitrogens is 5. The molecule has 0 atom stereocenters. The van der Waals surface area contributed by atoms with Gasteiger partial charge in [0.15, 0.2) is 0 Å². The normalized spacial score (nSPS) is 11.1. The van der Waals surface area contributed by atoms with Crippen LogP contribution in [0.2, 0.25) is 0 Å². The number of H-pyrrole nitrogens is 2. The van der Waals surface area contributed by atoms with Gasteiger partial charge in [-0.1, -0.05) is 0 Å². The quantitative estimate of drug-likeness (QED) is 0.531. The Morgan fingerprint density at radius 2 is 2.08 bits per heavy atom. The predicted octanol–water partition coefficient (Wildman–Crippen LogP) is 0.320. The van der Waals surface area contributed by atoms with E-state index in [1.807, 2.05) is 6.20 Å². The van der Waals surface area contributed by atoms with Gasteiger partial charge >= 0.3 is 0 Å². The van der Waals surface area contributed by atoms with Crippen molar-refractivity contribution in [3.63, 3.8) is 0 Å². The average molecular weight is 172 g/mol. The molecule has 62 valence electrons. The predicted molar refractivity (Wildman–Crippen MR) is 45.7 cm³/mol. The Kier molecular flexibility index (Phi) is 1.11. The molecule has 5 heteroatoms. The SMILES string of the molecule is c1ncc2[nH]c3c[nH+]cnc3c2n1. The first-order chi connectivity index (χ1) is 6.45. The highest BCUT2D eigenvalue weighted by Gasteiger charge is 2.09. The summed E-state index contributed by atoms with van der Waals surface area (Å²) in [4.78, 5) is 18.3. The summed E-state index contributed by atoms with van der Waals surface area (Å²) < 4.78 is 0. The van der Waals surface area contributed by atoms with Crippen molar-refractivity contribution in [3.8, 4) is 0 Å². The van der Waals surface area contributed by atoms with E-state index in [1.165, 1.54) is 6.33 Å². The van der Waals surface area contributed by atoms with Crippen molar-refractivity contribution in [2.75, 3.05) is 0 Å².